The number of hydrogen-bond donors (Lipinski definition) is 0. The van der Waals surface area contributed by atoms with Gasteiger partial charge in [-0.25, -0.2) is 4.98 Å². The van der Waals surface area contributed by atoms with Gasteiger partial charge in [0.05, 0.1) is 5.69 Å². The molecule has 0 aromatic carbocycles. The number of hydrogen-bond acceptors (Lipinski definition) is 4. The van der Waals surface area contributed by atoms with Crippen molar-refractivity contribution < 1.29 is 0 Å². The molecule has 2 fully saturated rings. The molecule has 4 heteroatoms. The van der Waals surface area contributed by atoms with E-state index in [1.165, 1.54) is 25.7 Å². The van der Waals surface area contributed by atoms with Crippen LogP contribution in [0.25, 0.3) is 0 Å². The third kappa shape index (κ3) is 3.42. The minimum Gasteiger partial charge on any atom is -0.367 e. The maximum Gasteiger partial charge on any atom is 0.163 e. The predicted octanol–water partition coefficient (Wildman–Crippen LogP) is 3.68. The van der Waals surface area contributed by atoms with Crippen molar-refractivity contribution in [1.82, 2.24) is 9.88 Å². The van der Waals surface area contributed by atoms with E-state index in [0.29, 0.717) is 11.1 Å². The quantitative estimate of drug-likeness (QED) is 0.846. The summed E-state index contributed by atoms with van der Waals surface area (Å²) in [5, 5.41) is 9.25. The van der Waals surface area contributed by atoms with Gasteiger partial charge in [-0.1, -0.05) is 27.2 Å². The summed E-state index contributed by atoms with van der Waals surface area (Å²) in [6.07, 6.45) is 7.07. The topological polar surface area (TPSA) is 43.2 Å². The molecule has 1 aromatic heterocycles. The van der Waals surface area contributed by atoms with Crippen LogP contribution in [0.2, 0.25) is 0 Å². The van der Waals surface area contributed by atoms with Crippen LogP contribution in [-0.2, 0) is 0 Å². The number of pyridine rings is 1. The zero-order valence-corrected chi connectivity index (χ0v) is 15.3. The van der Waals surface area contributed by atoms with E-state index in [9.17, 15) is 5.26 Å². The normalized spacial score (nSPS) is 25.7. The molecule has 1 aliphatic carbocycles. The van der Waals surface area contributed by atoms with Gasteiger partial charge in [0.15, 0.2) is 5.69 Å². The number of piperazine rings is 1. The SMILES string of the molecule is CCC(C)(C)C1CCC(N2CCN(c3cccnc3C#N)CC2)C1. The fourth-order valence-corrected chi connectivity index (χ4v) is 4.35. The number of aromatic nitrogens is 1. The Kier molecular flexibility index (Phi) is 5.10. The maximum absolute atomic E-state index is 9.25. The first kappa shape index (κ1) is 17.2. The molecular weight excluding hydrogens is 296 g/mol. The van der Waals surface area contributed by atoms with Crippen molar-refractivity contribution in [3.05, 3.63) is 24.0 Å². The Bertz CT molecular complexity index is 596. The third-order valence-corrected chi connectivity index (χ3v) is 6.49. The predicted molar refractivity (Wildman–Crippen MR) is 97.9 cm³/mol. The molecule has 1 aromatic rings. The molecule has 2 heterocycles. The van der Waals surface area contributed by atoms with E-state index in [1.807, 2.05) is 12.1 Å². The Labute approximate surface area is 146 Å². The molecule has 3 rings (SSSR count). The fraction of sp³-hybridized carbons (Fsp3) is 0.700. The number of nitrogens with zero attached hydrogens (tertiary/aromatic N) is 4. The van der Waals surface area contributed by atoms with Crippen molar-refractivity contribution >= 4 is 5.69 Å². The van der Waals surface area contributed by atoms with Gasteiger partial charge in [0.1, 0.15) is 6.07 Å². The molecule has 130 valence electrons. The Balaban J connectivity index is 1.57. The van der Waals surface area contributed by atoms with Gasteiger partial charge in [0.25, 0.3) is 0 Å². The summed E-state index contributed by atoms with van der Waals surface area (Å²) in [5.74, 6) is 0.869. The van der Waals surface area contributed by atoms with Crippen molar-refractivity contribution in [3.8, 4) is 6.07 Å². The lowest BCUT2D eigenvalue weighted by Crippen LogP contribution is -2.50. The summed E-state index contributed by atoms with van der Waals surface area (Å²) in [5.41, 5.74) is 2.03. The summed E-state index contributed by atoms with van der Waals surface area (Å²) in [6, 6.07) is 6.93. The van der Waals surface area contributed by atoms with Crippen molar-refractivity contribution in [1.29, 1.82) is 5.26 Å². The molecule has 2 aliphatic rings. The molecule has 0 N–H and O–H groups in total. The average Bonchev–Trinajstić information content (AvgIpc) is 3.13. The summed E-state index contributed by atoms with van der Waals surface area (Å²) in [7, 11) is 0. The van der Waals surface area contributed by atoms with Gasteiger partial charge < -0.3 is 4.90 Å². The molecular formula is C20H30N4. The Morgan fingerprint density at radius 3 is 2.67 bits per heavy atom. The van der Waals surface area contributed by atoms with Crippen LogP contribution in [0.15, 0.2) is 18.3 Å². The van der Waals surface area contributed by atoms with E-state index >= 15 is 0 Å². The Morgan fingerprint density at radius 1 is 1.25 bits per heavy atom. The van der Waals surface area contributed by atoms with E-state index in [0.717, 1.165) is 43.8 Å². The molecule has 0 spiro atoms. The van der Waals surface area contributed by atoms with Crippen LogP contribution < -0.4 is 4.90 Å². The minimum absolute atomic E-state index is 0.480. The standard InChI is InChI=1S/C20H30N4/c1-4-20(2,3)16-7-8-17(14-16)23-10-12-24(13-11-23)19-6-5-9-22-18(19)15-21/h5-6,9,16-17H,4,7-8,10-14H2,1-3H3. The van der Waals surface area contributed by atoms with Gasteiger partial charge in [0, 0.05) is 38.4 Å². The van der Waals surface area contributed by atoms with Crippen LogP contribution in [0.5, 0.6) is 0 Å². The molecule has 2 atom stereocenters. The first-order chi connectivity index (χ1) is 11.5. The first-order valence-corrected chi connectivity index (χ1v) is 9.39. The lowest BCUT2D eigenvalue weighted by molar-refractivity contribution is 0.158. The zero-order valence-electron chi connectivity index (χ0n) is 15.3. The van der Waals surface area contributed by atoms with Crippen LogP contribution >= 0.6 is 0 Å². The monoisotopic (exact) mass is 326 g/mol. The van der Waals surface area contributed by atoms with Crippen molar-refractivity contribution in [2.24, 2.45) is 11.3 Å². The number of nitriles is 1. The lowest BCUT2D eigenvalue weighted by Gasteiger charge is -2.39. The molecule has 0 bridgehead atoms. The van der Waals surface area contributed by atoms with Crippen LogP contribution in [0, 0.1) is 22.7 Å². The van der Waals surface area contributed by atoms with Gasteiger partial charge in [0.2, 0.25) is 0 Å². The van der Waals surface area contributed by atoms with Crippen LogP contribution in [0.1, 0.15) is 52.1 Å². The fourth-order valence-electron chi connectivity index (χ4n) is 4.35. The summed E-state index contributed by atoms with van der Waals surface area (Å²) in [6.45, 7) is 11.4. The molecule has 1 saturated heterocycles. The van der Waals surface area contributed by atoms with E-state index in [1.54, 1.807) is 6.20 Å². The second-order valence-electron chi connectivity index (χ2n) is 8.01. The minimum atomic E-state index is 0.480. The van der Waals surface area contributed by atoms with Crippen LogP contribution in [0.3, 0.4) is 0 Å². The molecule has 24 heavy (non-hydrogen) atoms. The zero-order chi connectivity index (χ0) is 17.2. The van der Waals surface area contributed by atoms with E-state index in [4.69, 9.17) is 0 Å². The van der Waals surface area contributed by atoms with Gasteiger partial charge in [-0.15, -0.1) is 0 Å². The van der Waals surface area contributed by atoms with Crippen LogP contribution in [0.4, 0.5) is 5.69 Å². The third-order valence-electron chi connectivity index (χ3n) is 6.49. The highest BCUT2D eigenvalue weighted by molar-refractivity contribution is 5.55. The second kappa shape index (κ2) is 7.11. The number of anilines is 1. The molecule has 4 nitrogen and oxygen atoms in total. The van der Waals surface area contributed by atoms with E-state index < -0.39 is 0 Å². The van der Waals surface area contributed by atoms with E-state index in [2.05, 4.69) is 41.6 Å². The molecule has 1 aliphatic heterocycles. The molecule has 0 amide bonds. The van der Waals surface area contributed by atoms with Crippen molar-refractivity contribution in [2.45, 2.75) is 52.5 Å². The summed E-state index contributed by atoms with van der Waals surface area (Å²) >= 11 is 0. The largest absolute Gasteiger partial charge is 0.367 e. The van der Waals surface area contributed by atoms with Crippen LogP contribution in [-0.4, -0.2) is 42.1 Å². The Hall–Kier alpha value is -1.60. The van der Waals surface area contributed by atoms with Gasteiger partial charge in [-0.3, -0.25) is 4.90 Å². The Morgan fingerprint density at radius 2 is 2.00 bits per heavy atom. The lowest BCUT2D eigenvalue weighted by atomic mass is 9.76. The second-order valence-corrected chi connectivity index (χ2v) is 8.01. The summed E-state index contributed by atoms with van der Waals surface area (Å²) in [4.78, 5) is 9.21. The van der Waals surface area contributed by atoms with Crippen molar-refractivity contribution in [3.63, 3.8) is 0 Å². The van der Waals surface area contributed by atoms with Gasteiger partial charge >= 0.3 is 0 Å². The molecule has 0 radical (unpaired) electrons. The molecule has 1 saturated carbocycles. The highest BCUT2D eigenvalue weighted by atomic mass is 15.3. The smallest absolute Gasteiger partial charge is 0.163 e. The first-order valence-electron chi connectivity index (χ1n) is 9.39. The highest BCUT2D eigenvalue weighted by Gasteiger charge is 2.37. The van der Waals surface area contributed by atoms with Crippen molar-refractivity contribution in [2.75, 3.05) is 31.1 Å². The van der Waals surface area contributed by atoms with E-state index in [-0.39, 0.29) is 0 Å². The highest BCUT2D eigenvalue weighted by Crippen LogP contribution is 2.43. The average molecular weight is 326 g/mol. The molecule has 2 unspecified atom stereocenters. The number of rotatable bonds is 4. The maximum atomic E-state index is 9.25. The van der Waals surface area contributed by atoms with Gasteiger partial charge in [-0.2, -0.15) is 5.26 Å². The van der Waals surface area contributed by atoms with Gasteiger partial charge in [-0.05, 0) is 42.7 Å². The summed E-state index contributed by atoms with van der Waals surface area (Å²) < 4.78 is 0.